The molecule has 7 nitrogen and oxygen atoms in total. The van der Waals surface area contributed by atoms with E-state index in [-0.39, 0.29) is 5.60 Å². The Balaban J connectivity index is 1.27. The lowest BCUT2D eigenvalue weighted by molar-refractivity contribution is -0.115. The molecule has 0 radical (unpaired) electrons. The van der Waals surface area contributed by atoms with Crippen molar-refractivity contribution in [2.24, 2.45) is 5.92 Å². The van der Waals surface area contributed by atoms with Gasteiger partial charge in [-0.3, -0.25) is 0 Å². The normalized spacial score (nSPS) is 21.3. The minimum atomic E-state index is -0.0495. The molecule has 4 rings (SSSR count). The summed E-state index contributed by atoms with van der Waals surface area (Å²) in [4.78, 5) is 14.8. The summed E-state index contributed by atoms with van der Waals surface area (Å²) in [7, 11) is 1.62. The molecule has 4 heterocycles. The van der Waals surface area contributed by atoms with Crippen LogP contribution in [-0.2, 0) is 4.74 Å². The van der Waals surface area contributed by atoms with E-state index < -0.39 is 0 Å². The maximum Gasteiger partial charge on any atom is 0.218 e. The van der Waals surface area contributed by atoms with Gasteiger partial charge in [0.25, 0.3) is 0 Å². The van der Waals surface area contributed by atoms with Gasteiger partial charge in [0, 0.05) is 24.9 Å². The summed E-state index contributed by atoms with van der Waals surface area (Å²) in [6.45, 7) is 3.25. The molecule has 1 atom stereocenters. The first-order valence-corrected chi connectivity index (χ1v) is 9.05. The van der Waals surface area contributed by atoms with Crippen LogP contribution in [0, 0.1) is 5.92 Å². The zero-order valence-electron chi connectivity index (χ0n) is 15.0. The molecule has 1 spiro atoms. The topological polar surface area (TPSA) is 69.6 Å². The molecule has 2 aliphatic rings. The van der Waals surface area contributed by atoms with Gasteiger partial charge in [0.1, 0.15) is 17.7 Å². The maximum absolute atomic E-state index is 6.14. The van der Waals surface area contributed by atoms with Crippen LogP contribution in [-0.4, -0.2) is 54.0 Å². The molecule has 2 aliphatic heterocycles. The van der Waals surface area contributed by atoms with Gasteiger partial charge < -0.3 is 19.1 Å². The van der Waals surface area contributed by atoms with Gasteiger partial charge in [0.15, 0.2) is 0 Å². The summed E-state index contributed by atoms with van der Waals surface area (Å²) >= 11 is 0. The highest BCUT2D eigenvalue weighted by Crippen LogP contribution is 2.39. The first-order valence-electron chi connectivity index (χ1n) is 9.05. The van der Waals surface area contributed by atoms with Crippen molar-refractivity contribution in [1.82, 2.24) is 15.0 Å². The van der Waals surface area contributed by atoms with Crippen molar-refractivity contribution >= 4 is 5.82 Å². The molecular weight excluding hydrogens is 332 g/mol. The third-order valence-electron chi connectivity index (χ3n) is 5.13. The van der Waals surface area contributed by atoms with Crippen LogP contribution in [0.15, 0.2) is 36.8 Å². The van der Waals surface area contributed by atoms with Crippen LogP contribution in [0.3, 0.4) is 0 Å². The summed E-state index contributed by atoms with van der Waals surface area (Å²) in [5.74, 6) is 2.80. The highest BCUT2D eigenvalue weighted by Gasteiger charge is 2.48. The molecule has 0 saturated carbocycles. The minimum absolute atomic E-state index is 0.0495. The molecule has 2 saturated heterocycles. The number of ether oxygens (including phenoxy) is 3. The lowest BCUT2D eigenvalue weighted by Crippen LogP contribution is -2.65. The molecule has 0 aliphatic carbocycles. The maximum atomic E-state index is 6.14. The number of anilines is 1. The van der Waals surface area contributed by atoms with Gasteiger partial charge in [-0.1, -0.05) is 6.07 Å². The van der Waals surface area contributed by atoms with Gasteiger partial charge in [-0.25, -0.2) is 15.0 Å². The molecule has 26 heavy (non-hydrogen) atoms. The number of hydrogen-bond donors (Lipinski definition) is 0. The fourth-order valence-electron chi connectivity index (χ4n) is 3.78. The predicted molar refractivity (Wildman–Crippen MR) is 96.6 cm³/mol. The Morgan fingerprint density at radius 2 is 2.15 bits per heavy atom. The second-order valence-electron chi connectivity index (χ2n) is 6.97. The van der Waals surface area contributed by atoms with Crippen molar-refractivity contribution in [2.75, 3.05) is 38.3 Å². The van der Waals surface area contributed by atoms with E-state index in [0.29, 0.717) is 24.3 Å². The largest absolute Gasteiger partial charge is 0.481 e. The van der Waals surface area contributed by atoms with Gasteiger partial charge in [-0.05, 0) is 31.2 Å². The van der Waals surface area contributed by atoms with Crippen molar-refractivity contribution in [3.63, 3.8) is 0 Å². The molecule has 0 amide bonds. The van der Waals surface area contributed by atoms with Crippen molar-refractivity contribution in [1.29, 1.82) is 0 Å². The van der Waals surface area contributed by atoms with E-state index >= 15 is 0 Å². The van der Waals surface area contributed by atoms with E-state index in [4.69, 9.17) is 14.2 Å². The summed E-state index contributed by atoms with van der Waals surface area (Å²) in [5.41, 5.74) is -0.0495. The number of hydrogen-bond acceptors (Lipinski definition) is 7. The van der Waals surface area contributed by atoms with Crippen molar-refractivity contribution in [3.05, 3.63) is 36.8 Å². The van der Waals surface area contributed by atoms with Crippen molar-refractivity contribution in [3.8, 4) is 11.8 Å². The predicted octanol–water partition coefficient (Wildman–Crippen LogP) is 2.33. The van der Waals surface area contributed by atoms with Crippen LogP contribution < -0.4 is 14.4 Å². The zero-order chi connectivity index (χ0) is 17.8. The van der Waals surface area contributed by atoms with Crippen molar-refractivity contribution < 1.29 is 14.2 Å². The number of pyridine rings is 1. The monoisotopic (exact) mass is 356 g/mol. The van der Waals surface area contributed by atoms with Gasteiger partial charge >= 0.3 is 0 Å². The second kappa shape index (κ2) is 7.45. The van der Waals surface area contributed by atoms with E-state index in [0.717, 1.165) is 44.8 Å². The minimum Gasteiger partial charge on any atom is -0.481 e. The first kappa shape index (κ1) is 17.0. The lowest BCUT2D eigenvalue weighted by atomic mass is 9.79. The molecule has 2 aromatic rings. The summed E-state index contributed by atoms with van der Waals surface area (Å²) in [6.07, 6.45) is 6.48. The Kier molecular flexibility index (Phi) is 4.88. The van der Waals surface area contributed by atoms with E-state index in [1.54, 1.807) is 19.6 Å². The van der Waals surface area contributed by atoms with Gasteiger partial charge in [0.2, 0.25) is 11.8 Å². The Labute approximate surface area is 153 Å². The molecule has 2 fully saturated rings. The summed E-state index contributed by atoms with van der Waals surface area (Å²) < 4.78 is 17.1. The van der Waals surface area contributed by atoms with Crippen LogP contribution >= 0.6 is 0 Å². The van der Waals surface area contributed by atoms with E-state index in [1.807, 2.05) is 24.3 Å². The molecule has 2 aromatic heterocycles. The molecule has 0 bridgehead atoms. The van der Waals surface area contributed by atoms with Crippen LogP contribution in [0.4, 0.5) is 5.82 Å². The first-order chi connectivity index (χ1) is 12.8. The highest BCUT2D eigenvalue weighted by atomic mass is 16.5. The molecule has 0 N–H and O–H groups in total. The Bertz CT molecular complexity index is 722. The standard InChI is InChI=1S/C19H24N4O3/c1-24-18-10-16(21-14-22-18)23-12-19(13-23)11-15(6-9-26-19)5-8-25-17-4-2-3-7-20-17/h2-4,7,10,14-15H,5-6,8-9,11-13H2,1H3. The summed E-state index contributed by atoms with van der Waals surface area (Å²) in [5, 5.41) is 0. The SMILES string of the molecule is COc1cc(N2CC3(CC(CCOc4ccccn4)CCO3)C2)ncn1. The lowest BCUT2D eigenvalue weighted by Gasteiger charge is -2.53. The third-order valence-corrected chi connectivity index (χ3v) is 5.13. The average Bonchev–Trinajstić information content (AvgIpc) is 2.67. The second-order valence-corrected chi connectivity index (χ2v) is 6.97. The average molecular weight is 356 g/mol. The molecule has 7 heteroatoms. The van der Waals surface area contributed by atoms with Crippen LogP contribution in [0.1, 0.15) is 19.3 Å². The van der Waals surface area contributed by atoms with E-state index in [1.165, 1.54) is 0 Å². The molecular formula is C19H24N4O3. The highest BCUT2D eigenvalue weighted by molar-refractivity contribution is 5.45. The van der Waals surface area contributed by atoms with E-state index in [2.05, 4.69) is 19.9 Å². The van der Waals surface area contributed by atoms with Gasteiger partial charge in [-0.15, -0.1) is 0 Å². The Hall–Kier alpha value is -2.41. The van der Waals surface area contributed by atoms with Gasteiger partial charge in [-0.2, -0.15) is 0 Å². The zero-order valence-corrected chi connectivity index (χ0v) is 15.0. The quantitative estimate of drug-likeness (QED) is 0.787. The van der Waals surface area contributed by atoms with Crippen LogP contribution in [0.25, 0.3) is 0 Å². The fourth-order valence-corrected chi connectivity index (χ4v) is 3.78. The summed E-state index contributed by atoms with van der Waals surface area (Å²) in [6, 6.07) is 7.60. The Morgan fingerprint density at radius 1 is 1.23 bits per heavy atom. The van der Waals surface area contributed by atoms with Crippen molar-refractivity contribution in [2.45, 2.75) is 24.9 Å². The molecule has 1 unspecified atom stereocenters. The number of aromatic nitrogens is 3. The van der Waals surface area contributed by atoms with Gasteiger partial charge in [0.05, 0.1) is 26.8 Å². The number of nitrogens with zero attached hydrogens (tertiary/aromatic N) is 4. The van der Waals surface area contributed by atoms with Crippen LogP contribution in [0.2, 0.25) is 0 Å². The fraction of sp³-hybridized carbons (Fsp3) is 0.526. The number of methoxy groups -OCH3 is 1. The molecule has 138 valence electrons. The number of rotatable bonds is 6. The van der Waals surface area contributed by atoms with Crippen LogP contribution in [0.5, 0.6) is 11.8 Å². The van der Waals surface area contributed by atoms with E-state index in [9.17, 15) is 0 Å². The Morgan fingerprint density at radius 3 is 2.96 bits per heavy atom. The third kappa shape index (κ3) is 3.72. The smallest absolute Gasteiger partial charge is 0.218 e. The molecule has 0 aromatic carbocycles.